The lowest BCUT2D eigenvalue weighted by Gasteiger charge is -2.18. The molecule has 1 aromatic carbocycles. The van der Waals surface area contributed by atoms with Gasteiger partial charge in [-0.3, -0.25) is 4.79 Å². The van der Waals surface area contributed by atoms with Gasteiger partial charge in [-0.2, -0.15) is 0 Å². The first-order chi connectivity index (χ1) is 10.5. The number of hydrogen-bond donors (Lipinski definition) is 2. The van der Waals surface area contributed by atoms with E-state index in [1.54, 1.807) is 14.0 Å². The molecule has 0 saturated heterocycles. The fourth-order valence-electron chi connectivity index (χ4n) is 2.14. The highest BCUT2D eigenvalue weighted by Gasteiger charge is 2.37. The molecule has 0 spiro atoms. The Kier molecular flexibility index (Phi) is 5.38. The molecule has 0 radical (unpaired) electrons. The van der Waals surface area contributed by atoms with E-state index in [2.05, 4.69) is 5.32 Å². The summed E-state index contributed by atoms with van der Waals surface area (Å²) in [6.07, 6.45) is 0.971. The Morgan fingerprint density at radius 2 is 2.14 bits per heavy atom. The van der Waals surface area contributed by atoms with Crippen LogP contribution in [0.15, 0.2) is 24.3 Å². The molecule has 22 heavy (non-hydrogen) atoms. The van der Waals surface area contributed by atoms with Gasteiger partial charge in [0.15, 0.2) is 0 Å². The molecule has 6 heteroatoms. The molecule has 0 aromatic heterocycles. The Balaban J connectivity index is 1.84. The van der Waals surface area contributed by atoms with Gasteiger partial charge in [0.05, 0.1) is 13.7 Å². The smallest absolute Gasteiger partial charge is 0.326 e. The van der Waals surface area contributed by atoms with Crippen molar-refractivity contribution in [2.45, 2.75) is 38.5 Å². The molecular weight excluding hydrogens is 286 g/mol. The third kappa shape index (κ3) is 4.46. The maximum atomic E-state index is 12.0. The van der Waals surface area contributed by atoms with Gasteiger partial charge in [-0.1, -0.05) is 12.1 Å². The van der Waals surface area contributed by atoms with Crippen LogP contribution in [0.25, 0.3) is 0 Å². The van der Waals surface area contributed by atoms with Crippen molar-refractivity contribution in [2.24, 2.45) is 5.92 Å². The topological polar surface area (TPSA) is 84.9 Å². The highest BCUT2D eigenvalue weighted by molar-refractivity contribution is 5.86. The summed E-state index contributed by atoms with van der Waals surface area (Å²) in [5.41, 5.74) is 0.885. The second-order valence-corrected chi connectivity index (χ2v) is 5.47. The predicted octanol–water partition coefficient (Wildman–Crippen LogP) is 1.58. The van der Waals surface area contributed by atoms with Crippen molar-refractivity contribution in [3.63, 3.8) is 0 Å². The van der Waals surface area contributed by atoms with E-state index in [9.17, 15) is 9.59 Å². The summed E-state index contributed by atoms with van der Waals surface area (Å²) in [6, 6.07) is 6.56. The first-order valence-electron chi connectivity index (χ1n) is 7.29. The molecule has 0 heterocycles. The highest BCUT2D eigenvalue weighted by Crippen LogP contribution is 2.32. The molecular formula is C16H21NO5. The summed E-state index contributed by atoms with van der Waals surface area (Å²) < 4.78 is 10.6. The first kappa shape index (κ1) is 16.3. The van der Waals surface area contributed by atoms with E-state index in [0.29, 0.717) is 0 Å². The van der Waals surface area contributed by atoms with E-state index in [4.69, 9.17) is 14.6 Å². The van der Waals surface area contributed by atoms with Crippen LogP contribution in [0.1, 0.15) is 25.3 Å². The van der Waals surface area contributed by atoms with Crippen molar-refractivity contribution in [2.75, 3.05) is 7.11 Å². The van der Waals surface area contributed by atoms with Crippen LogP contribution >= 0.6 is 0 Å². The zero-order valence-electron chi connectivity index (χ0n) is 12.7. The van der Waals surface area contributed by atoms with Gasteiger partial charge in [-0.25, -0.2) is 4.79 Å². The lowest BCUT2D eigenvalue weighted by atomic mass is 10.2. The number of methoxy groups -OCH3 is 1. The molecule has 2 atom stereocenters. The van der Waals surface area contributed by atoms with Crippen LogP contribution in [0.4, 0.5) is 0 Å². The average molecular weight is 307 g/mol. The Labute approximate surface area is 129 Å². The van der Waals surface area contributed by atoms with Gasteiger partial charge in [-0.05, 0) is 43.4 Å². The maximum absolute atomic E-state index is 12.0. The number of carboxylic acids is 1. The number of carbonyl (C=O) groups is 2. The zero-order chi connectivity index (χ0) is 16.1. The Bertz CT molecular complexity index is 541. The largest absolute Gasteiger partial charge is 0.497 e. The van der Waals surface area contributed by atoms with Gasteiger partial charge >= 0.3 is 5.97 Å². The van der Waals surface area contributed by atoms with E-state index in [1.165, 1.54) is 0 Å². The van der Waals surface area contributed by atoms with Crippen molar-refractivity contribution in [3.05, 3.63) is 29.8 Å². The number of nitrogens with one attached hydrogen (secondary N) is 1. The fourth-order valence-corrected chi connectivity index (χ4v) is 2.14. The molecule has 6 nitrogen and oxygen atoms in total. The van der Waals surface area contributed by atoms with Gasteiger partial charge in [0.25, 0.3) is 0 Å². The lowest BCUT2D eigenvalue weighted by molar-refractivity contribution is -0.144. The quantitative estimate of drug-likeness (QED) is 0.761. The van der Waals surface area contributed by atoms with E-state index in [0.717, 1.165) is 24.2 Å². The van der Waals surface area contributed by atoms with Crippen LogP contribution in [-0.4, -0.2) is 36.2 Å². The van der Waals surface area contributed by atoms with E-state index in [1.807, 2.05) is 24.3 Å². The molecule has 0 aliphatic heterocycles. The minimum absolute atomic E-state index is 0.0482. The zero-order valence-corrected chi connectivity index (χ0v) is 12.7. The monoisotopic (exact) mass is 307 g/mol. The van der Waals surface area contributed by atoms with Gasteiger partial charge < -0.3 is 19.9 Å². The number of carboxylic acid groups (broad SMARTS) is 1. The molecule has 1 saturated carbocycles. The van der Waals surface area contributed by atoms with E-state index in [-0.39, 0.29) is 12.5 Å². The molecule has 120 valence electrons. The number of benzene rings is 1. The predicted molar refractivity (Wildman–Crippen MR) is 79.5 cm³/mol. The standard InChI is InChI=1S/C16H21NO5/c1-10(15(18)17-14(16(19)20)12-6-7-12)22-9-11-4-3-5-13(8-11)21-2/h3-5,8,10,12,14H,6-7,9H2,1-2H3,(H,17,18)(H,19,20). The second-order valence-electron chi connectivity index (χ2n) is 5.47. The van der Waals surface area contributed by atoms with E-state index < -0.39 is 24.0 Å². The number of rotatable bonds is 8. The molecule has 1 fully saturated rings. The van der Waals surface area contributed by atoms with Crippen molar-refractivity contribution in [3.8, 4) is 5.75 Å². The van der Waals surface area contributed by atoms with Gasteiger partial charge in [0, 0.05) is 0 Å². The molecule has 0 bridgehead atoms. The molecule has 1 aromatic rings. The van der Waals surface area contributed by atoms with Crippen LogP contribution in [0, 0.1) is 5.92 Å². The van der Waals surface area contributed by atoms with Crippen LogP contribution < -0.4 is 10.1 Å². The number of carbonyl (C=O) groups excluding carboxylic acids is 1. The molecule has 2 N–H and O–H groups in total. The summed E-state index contributed by atoms with van der Waals surface area (Å²) in [6.45, 7) is 1.87. The summed E-state index contributed by atoms with van der Waals surface area (Å²) in [5.74, 6) is -0.622. The third-order valence-electron chi connectivity index (χ3n) is 3.66. The van der Waals surface area contributed by atoms with Gasteiger partial charge in [-0.15, -0.1) is 0 Å². The van der Waals surface area contributed by atoms with Crippen LogP contribution in [0.2, 0.25) is 0 Å². The van der Waals surface area contributed by atoms with Crippen LogP contribution in [0.5, 0.6) is 5.75 Å². The molecule has 2 unspecified atom stereocenters. The Morgan fingerprint density at radius 3 is 2.73 bits per heavy atom. The maximum Gasteiger partial charge on any atom is 0.326 e. The Hall–Kier alpha value is -2.08. The minimum atomic E-state index is -0.990. The second kappa shape index (κ2) is 7.26. The summed E-state index contributed by atoms with van der Waals surface area (Å²) in [4.78, 5) is 23.1. The summed E-state index contributed by atoms with van der Waals surface area (Å²) in [5, 5.41) is 11.7. The fraction of sp³-hybridized carbons (Fsp3) is 0.500. The van der Waals surface area contributed by atoms with Crippen molar-refractivity contribution in [1.82, 2.24) is 5.32 Å². The molecule has 1 amide bonds. The molecule has 2 rings (SSSR count). The molecule has 1 aliphatic carbocycles. The van der Waals surface area contributed by atoms with E-state index >= 15 is 0 Å². The SMILES string of the molecule is COc1cccc(COC(C)C(=O)NC(C(=O)O)C2CC2)c1. The van der Waals surface area contributed by atoms with Crippen LogP contribution in [-0.2, 0) is 20.9 Å². The number of amides is 1. The Morgan fingerprint density at radius 1 is 1.41 bits per heavy atom. The number of hydrogen-bond acceptors (Lipinski definition) is 4. The van der Waals surface area contributed by atoms with Gasteiger partial charge in [0.2, 0.25) is 5.91 Å². The lowest BCUT2D eigenvalue weighted by Crippen LogP contribution is -2.46. The van der Waals surface area contributed by atoms with Crippen LogP contribution in [0.3, 0.4) is 0 Å². The van der Waals surface area contributed by atoms with Gasteiger partial charge in [0.1, 0.15) is 17.9 Å². The normalized spacial score (nSPS) is 16.6. The summed E-state index contributed by atoms with van der Waals surface area (Å²) in [7, 11) is 1.58. The number of aliphatic carboxylic acids is 1. The third-order valence-corrected chi connectivity index (χ3v) is 3.66. The van der Waals surface area contributed by atoms with Crippen molar-refractivity contribution < 1.29 is 24.2 Å². The average Bonchev–Trinajstić information content (AvgIpc) is 3.34. The highest BCUT2D eigenvalue weighted by atomic mass is 16.5. The van der Waals surface area contributed by atoms with Crippen molar-refractivity contribution >= 4 is 11.9 Å². The summed E-state index contributed by atoms with van der Waals surface area (Å²) >= 11 is 0. The van der Waals surface area contributed by atoms with Crippen molar-refractivity contribution in [1.29, 1.82) is 0 Å². The minimum Gasteiger partial charge on any atom is -0.497 e. The molecule has 1 aliphatic rings. The first-order valence-corrected chi connectivity index (χ1v) is 7.29. The number of ether oxygens (including phenoxy) is 2.